The number of nitriles is 1. The standard InChI is InChI=1S/C12H17N5S/c1-10(8-13)16-3-5-17(6-4-16)11-7-12(18-2)15-9-14-11/h7,9-10H,3-6H2,1-2H3. The monoisotopic (exact) mass is 263 g/mol. The Morgan fingerprint density at radius 2 is 2.06 bits per heavy atom. The fraction of sp³-hybridized carbons (Fsp3) is 0.583. The van der Waals surface area contributed by atoms with E-state index in [4.69, 9.17) is 5.26 Å². The molecule has 0 bridgehead atoms. The van der Waals surface area contributed by atoms with Crippen LogP contribution in [0.3, 0.4) is 0 Å². The zero-order valence-electron chi connectivity index (χ0n) is 10.7. The minimum absolute atomic E-state index is 0.000641. The van der Waals surface area contributed by atoms with Crippen molar-refractivity contribution in [2.24, 2.45) is 0 Å². The number of piperazine rings is 1. The van der Waals surface area contributed by atoms with Crippen molar-refractivity contribution in [1.29, 1.82) is 5.26 Å². The van der Waals surface area contributed by atoms with Crippen LogP contribution in [0.5, 0.6) is 0 Å². The SMILES string of the molecule is CSc1cc(N2CCN(C(C)C#N)CC2)ncn1. The second kappa shape index (κ2) is 6.03. The van der Waals surface area contributed by atoms with Gasteiger partial charge >= 0.3 is 0 Å². The van der Waals surface area contributed by atoms with E-state index in [1.807, 2.05) is 19.2 Å². The van der Waals surface area contributed by atoms with E-state index in [1.54, 1.807) is 18.1 Å². The second-order valence-corrected chi connectivity index (χ2v) is 5.07. The van der Waals surface area contributed by atoms with E-state index in [1.165, 1.54) is 0 Å². The number of hydrogen-bond donors (Lipinski definition) is 0. The molecule has 5 nitrogen and oxygen atoms in total. The lowest BCUT2D eigenvalue weighted by Gasteiger charge is -2.36. The molecule has 6 heteroatoms. The van der Waals surface area contributed by atoms with Crippen LogP contribution >= 0.6 is 11.8 Å². The van der Waals surface area contributed by atoms with Gasteiger partial charge in [-0.25, -0.2) is 9.97 Å². The maximum atomic E-state index is 8.91. The Balaban J connectivity index is 1.99. The summed E-state index contributed by atoms with van der Waals surface area (Å²) < 4.78 is 0. The maximum Gasteiger partial charge on any atom is 0.133 e. The van der Waals surface area contributed by atoms with Gasteiger partial charge in [-0.1, -0.05) is 0 Å². The number of rotatable bonds is 3. The third-order valence-electron chi connectivity index (χ3n) is 3.21. The van der Waals surface area contributed by atoms with Gasteiger partial charge in [0, 0.05) is 32.2 Å². The summed E-state index contributed by atoms with van der Waals surface area (Å²) in [5.74, 6) is 0.985. The minimum atomic E-state index is -0.000641. The summed E-state index contributed by atoms with van der Waals surface area (Å²) in [6, 6.07) is 4.31. The highest BCUT2D eigenvalue weighted by Gasteiger charge is 2.21. The molecule has 96 valence electrons. The molecule has 2 rings (SSSR count). The van der Waals surface area contributed by atoms with Gasteiger partial charge in [-0.3, -0.25) is 4.90 Å². The molecule has 1 fully saturated rings. The number of hydrogen-bond acceptors (Lipinski definition) is 6. The highest BCUT2D eigenvalue weighted by molar-refractivity contribution is 7.98. The number of thioether (sulfide) groups is 1. The summed E-state index contributed by atoms with van der Waals surface area (Å²) in [6.07, 6.45) is 3.63. The van der Waals surface area contributed by atoms with Crippen molar-refractivity contribution in [2.75, 3.05) is 37.3 Å². The van der Waals surface area contributed by atoms with E-state index in [0.717, 1.165) is 37.0 Å². The van der Waals surface area contributed by atoms with Gasteiger partial charge in [-0.05, 0) is 13.2 Å². The van der Waals surface area contributed by atoms with Crippen LogP contribution in [0.4, 0.5) is 5.82 Å². The molecule has 1 atom stereocenters. The minimum Gasteiger partial charge on any atom is -0.354 e. The van der Waals surface area contributed by atoms with Gasteiger partial charge in [0.2, 0.25) is 0 Å². The van der Waals surface area contributed by atoms with E-state index in [-0.39, 0.29) is 6.04 Å². The van der Waals surface area contributed by atoms with Crippen molar-refractivity contribution in [3.63, 3.8) is 0 Å². The summed E-state index contributed by atoms with van der Waals surface area (Å²) >= 11 is 1.62. The lowest BCUT2D eigenvalue weighted by molar-refractivity contribution is 0.231. The van der Waals surface area contributed by atoms with Crippen LogP contribution < -0.4 is 4.90 Å². The second-order valence-electron chi connectivity index (χ2n) is 4.25. The van der Waals surface area contributed by atoms with E-state index in [0.29, 0.717) is 0 Å². The Hall–Kier alpha value is -1.32. The first-order chi connectivity index (χ1) is 8.74. The topological polar surface area (TPSA) is 56.0 Å². The van der Waals surface area contributed by atoms with Gasteiger partial charge in [-0.2, -0.15) is 5.26 Å². The highest BCUT2D eigenvalue weighted by Crippen LogP contribution is 2.19. The molecule has 1 aliphatic rings. The van der Waals surface area contributed by atoms with Crippen LogP contribution in [0.25, 0.3) is 0 Å². The molecule has 0 saturated carbocycles. The van der Waals surface area contributed by atoms with Gasteiger partial charge in [0.1, 0.15) is 17.2 Å². The van der Waals surface area contributed by atoms with E-state index in [2.05, 4.69) is 25.8 Å². The zero-order valence-corrected chi connectivity index (χ0v) is 11.5. The molecular weight excluding hydrogens is 246 g/mol. The molecule has 1 aromatic rings. The molecular formula is C12H17N5S. The number of nitrogens with zero attached hydrogens (tertiary/aromatic N) is 5. The number of aromatic nitrogens is 2. The first-order valence-corrected chi connectivity index (χ1v) is 7.21. The third-order valence-corrected chi connectivity index (χ3v) is 3.85. The van der Waals surface area contributed by atoms with Crippen LogP contribution in [0, 0.1) is 11.3 Å². The van der Waals surface area contributed by atoms with Crippen LogP contribution in [0.2, 0.25) is 0 Å². The molecule has 0 aliphatic carbocycles. The molecule has 2 heterocycles. The molecule has 0 radical (unpaired) electrons. The summed E-state index contributed by atoms with van der Waals surface area (Å²) in [7, 11) is 0. The van der Waals surface area contributed by atoms with Gasteiger partial charge < -0.3 is 4.90 Å². The Bertz CT molecular complexity index is 436. The predicted octanol–water partition coefficient (Wildman–Crippen LogP) is 1.23. The van der Waals surface area contributed by atoms with Gasteiger partial charge in [0.15, 0.2) is 0 Å². The van der Waals surface area contributed by atoms with E-state index >= 15 is 0 Å². The Labute approximate surface area is 112 Å². The van der Waals surface area contributed by atoms with Crippen LogP contribution in [-0.2, 0) is 0 Å². The van der Waals surface area contributed by atoms with Crippen molar-refractivity contribution < 1.29 is 0 Å². The van der Waals surface area contributed by atoms with Crippen molar-refractivity contribution >= 4 is 17.6 Å². The zero-order chi connectivity index (χ0) is 13.0. The lowest BCUT2D eigenvalue weighted by Crippen LogP contribution is -2.49. The van der Waals surface area contributed by atoms with Crippen LogP contribution in [0.1, 0.15) is 6.92 Å². The smallest absolute Gasteiger partial charge is 0.133 e. The first-order valence-electron chi connectivity index (χ1n) is 5.99. The van der Waals surface area contributed by atoms with Crippen LogP contribution in [-0.4, -0.2) is 53.3 Å². The fourth-order valence-electron chi connectivity index (χ4n) is 2.03. The Morgan fingerprint density at radius 1 is 1.33 bits per heavy atom. The van der Waals surface area contributed by atoms with Crippen molar-refractivity contribution in [3.8, 4) is 6.07 Å². The maximum absolute atomic E-state index is 8.91. The van der Waals surface area contributed by atoms with Gasteiger partial charge in [-0.15, -0.1) is 11.8 Å². The Morgan fingerprint density at radius 3 is 2.67 bits per heavy atom. The average molecular weight is 263 g/mol. The third kappa shape index (κ3) is 2.92. The van der Waals surface area contributed by atoms with Crippen molar-refractivity contribution in [2.45, 2.75) is 18.0 Å². The molecule has 0 amide bonds. The van der Waals surface area contributed by atoms with Crippen molar-refractivity contribution in [1.82, 2.24) is 14.9 Å². The summed E-state index contributed by atoms with van der Waals surface area (Å²) in [5, 5.41) is 9.90. The summed E-state index contributed by atoms with van der Waals surface area (Å²) in [5.41, 5.74) is 0. The fourth-order valence-corrected chi connectivity index (χ4v) is 2.41. The van der Waals surface area contributed by atoms with E-state index < -0.39 is 0 Å². The molecule has 0 spiro atoms. The van der Waals surface area contributed by atoms with Gasteiger partial charge in [0.25, 0.3) is 0 Å². The van der Waals surface area contributed by atoms with Gasteiger partial charge in [0.05, 0.1) is 12.1 Å². The predicted molar refractivity (Wildman–Crippen MR) is 72.7 cm³/mol. The Kier molecular flexibility index (Phi) is 4.39. The molecule has 1 aromatic heterocycles. The highest BCUT2D eigenvalue weighted by atomic mass is 32.2. The molecule has 0 N–H and O–H groups in total. The van der Waals surface area contributed by atoms with Crippen molar-refractivity contribution in [3.05, 3.63) is 12.4 Å². The summed E-state index contributed by atoms with van der Waals surface area (Å²) in [4.78, 5) is 13.0. The summed E-state index contributed by atoms with van der Waals surface area (Å²) in [6.45, 7) is 5.60. The average Bonchev–Trinajstić information content (AvgIpc) is 2.46. The number of anilines is 1. The first kappa shape index (κ1) is 13.1. The lowest BCUT2D eigenvalue weighted by atomic mass is 10.2. The molecule has 0 aromatic carbocycles. The molecule has 1 saturated heterocycles. The molecule has 1 aliphatic heterocycles. The van der Waals surface area contributed by atoms with E-state index in [9.17, 15) is 0 Å². The largest absolute Gasteiger partial charge is 0.354 e. The molecule has 18 heavy (non-hydrogen) atoms. The normalized spacial score (nSPS) is 18.4. The quantitative estimate of drug-likeness (QED) is 0.604. The molecule has 1 unspecified atom stereocenters. The van der Waals surface area contributed by atoms with Crippen LogP contribution in [0.15, 0.2) is 17.4 Å².